The van der Waals surface area contributed by atoms with Gasteiger partial charge in [0.1, 0.15) is 0 Å². The van der Waals surface area contributed by atoms with Crippen LogP contribution >= 0.6 is 23.7 Å². The Morgan fingerprint density at radius 1 is 1.47 bits per heavy atom. The Balaban J connectivity index is 0.00000144. The number of piperidine rings is 1. The lowest BCUT2D eigenvalue weighted by molar-refractivity contribution is 0.168. The standard InChI is InChI=1S/C13H22N2S.ClH/c1-11-5-6-13(16-11)10-15-7-3-4-12(9-15)8-14-2;/h5-6,12,14H,3-4,7-10H2,1-2H3;1H. The van der Waals surface area contributed by atoms with Crippen molar-refractivity contribution in [3.8, 4) is 0 Å². The summed E-state index contributed by atoms with van der Waals surface area (Å²) in [5.41, 5.74) is 0. The van der Waals surface area contributed by atoms with Gasteiger partial charge in [0.05, 0.1) is 0 Å². The van der Waals surface area contributed by atoms with Gasteiger partial charge in [-0.3, -0.25) is 4.90 Å². The van der Waals surface area contributed by atoms with Gasteiger partial charge in [-0.1, -0.05) is 0 Å². The second kappa shape index (κ2) is 7.37. The van der Waals surface area contributed by atoms with Crippen molar-refractivity contribution in [3.05, 3.63) is 21.9 Å². The van der Waals surface area contributed by atoms with E-state index in [1.807, 2.05) is 11.3 Å². The van der Waals surface area contributed by atoms with Crippen LogP contribution in [-0.4, -0.2) is 31.6 Å². The van der Waals surface area contributed by atoms with Crippen LogP contribution in [-0.2, 0) is 6.54 Å². The number of thiophene rings is 1. The molecule has 17 heavy (non-hydrogen) atoms. The fourth-order valence-electron chi connectivity index (χ4n) is 2.54. The molecule has 1 fully saturated rings. The summed E-state index contributed by atoms with van der Waals surface area (Å²) in [4.78, 5) is 5.55. The van der Waals surface area contributed by atoms with Crippen LogP contribution in [0.25, 0.3) is 0 Å². The van der Waals surface area contributed by atoms with Crippen molar-refractivity contribution in [3.63, 3.8) is 0 Å². The maximum absolute atomic E-state index is 3.30. The zero-order valence-electron chi connectivity index (χ0n) is 10.7. The highest BCUT2D eigenvalue weighted by Gasteiger charge is 2.19. The lowest BCUT2D eigenvalue weighted by atomic mass is 9.98. The second-order valence-corrected chi connectivity index (χ2v) is 6.19. The van der Waals surface area contributed by atoms with E-state index in [0.29, 0.717) is 0 Å². The number of hydrogen-bond acceptors (Lipinski definition) is 3. The average Bonchev–Trinajstić information content (AvgIpc) is 2.65. The summed E-state index contributed by atoms with van der Waals surface area (Å²) in [6.07, 6.45) is 2.75. The van der Waals surface area contributed by atoms with Gasteiger partial charge in [0.15, 0.2) is 0 Å². The van der Waals surface area contributed by atoms with E-state index in [-0.39, 0.29) is 12.4 Å². The molecule has 0 aliphatic carbocycles. The van der Waals surface area contributed by atoms with Crippen molar-refractivity contribution in [1.82, 2.24) is 10.2 Å². The third-order valence-corrected chi connectivity index (χ3v) is 4.26. The normalized spacial score (nSPS) is 21.2. The lowest BCUT2D eigenvalue weighted by Crippen LogP contribution is -2.38. The minimum atomic E-state index is 0. The Morgan fingerprint density at radius 2 is 2.29 bits per heavy atom. The van der Waals surface area contributed by atoms with Crippen molar-refractivity contribution in [1.29, 1.82) is 0 Å². The maximum atomic E-state index is 3.30. The van der Waals surface area contributed by atoms with Crippen LogP contribution in [0.3, 0.4) is 0 Å². The monoisotopic (exact) mass is 274 g/mol. The summed E-state index contributed by atoms with van der Waals surface area (Å²) in [5, 5.41) is 3.30. The molecule has 1 atom stereocenters. The zero-order chi connectivity index (χ0) is 11.4. The summed E-state index contributed by atoms with van der Waals surface area (Å²) in [5.74, 6) is 0.847. The number of hydrogen-bond donors (Lipinski definition) is 1. The van der Waals surface area contributed by atoms with Crippen molar-refractivity contribution in [2.24, 2.45) is 5.92 Å². The summed E-state index contributed by atoms with van der Waals surface area (Å²) < 4.78 is 0. The molecule has 0 spiro atoms. The van der Waals surface area contributed by atoms with Crippen LogP contribution in [0.4, 0.5) is 0 Å². The first kappa shape index (κ1) is 15.0. The van der Waals surface area contributed by atoms with Crippen LogP contribution in [0, 0.1) is 12.8 Å². The molecule has 4 heteroatoms. The van der Waals surface area contributed by atoms with E-state index < -0.39 is 0 Å². The van der Waals surface area contributed by atoms with Gasteiger partial charge in [-0.2, -0.15) is 0 Å². The van der Waals surface area contributed by atoms with Crippen LogP contribution in [0.5, 0.6) is 0 Å². The molecule has 1 saturated heterocycles. The zero-order valence-corrected chi connectivity index (χ0v) is 12.4. The molecule has 0 radical (unpaired) electrons. The summed E-state index contributed by atoms with van der Waals surface area (Å²) in [7, 11) is 2.06. The molecule has 1 aliphatic rings. The van der Waals surface area contributed by atoms with Gasteiger partial charge in [0.25, 0.3) is 0 Å². The van der Waals surface area contributed by atoms with Crippen molar-refractivity contribution in [2.75, 3.05) is 26.7 Å². The van der Waals surface area contributed by atoms with E-state index in [2.05, 4.69) is 36.3 Å². The van der Waals surface area contributed by atoms with Gasteiger partial charge in [0.2, 0.25) is 0 Å². The van der Waals surface area contributed by atoms with Crippen LogP contribution < -0.4 is 5.32 Å². The van der Waals surface area contributed by atoms with E-state index in [0.717, 1.165) is 12.5 Å². The molecule has 1 aromatic heterocycles. The Kier molecular flexibility index (Phi) is 6.49. The summed E-state index contributed by atoms with van der Waals surface area (Å²) in [6, 6.07) is 4.51. The number of nitrogens with zero attached hydrogens (tertiary/aromatic N) is 1. The Morgan fingerprint density at radius 3 is 2.94 bits per heavy atom. The number of aryl methyl sites for hydroxylation is 1. The quantitative estimate of drug-likeness (QED) is 0.908. The topological polar surface area (TPSA) is 15.3 Å². The first-order valence-electron chi connectivity index (χ1n) is 6.20. The molecular weight excluding hydrogens is 252 g/mol. The van der Waals surface area contributed by atoms with Gasteiger partial charge >= 0.3 is 0 Å². The van der Waals surface area contributed by atoms with Crippen molar-refractivity contribution in [2.45, 2.75) is 26.3 Å². The summed E-state index contributed by atoms with van der Waals surface area (Å²) >= 11 is 1.94. The molecule has 0 saturated carbocycles. The predicted molar refractivity (Wildman–Crippen MR) is 78.2 cm³/mol. The third-order valence-electron chi connectivity index (χ3n) is 3.27. The molecule has 2 heterocycles. The minimum Gasteiger partial charge on any atom is -0.319 e. The second-order valence-electron chi connectivity index (χ2n) is 4.81. The van der Waals surface area contributed by atoms with Gasteiger partial charge in [-0.05, 0) is 58.0 Å². The van der Waals surface area contributed by atoms with Crippen molar-refractivity contribution >= 4 is 23.7 Å². The molecule has 1 aliphatic heterocycles. The van der Waals surface area contributed by atoms with E-state index in [1.54, 1.807) is 0 Å². The molecular formula is C13H23ClN2S. The number of halogens is 1. The van der Waals surface area contributed by atoms with Gasteiger partial charge < -0.3 is 5.32 Å². The summed E-state index contributed by atoms with van der Waals surface area (Å²) in [6.45, 7) is 7.04. The van der Waals surface area contributed by atoms with Gasteiger partial charge in [-0.15, -0.1) is 23.7 Å². The Bertz CT molecular complexity index is 325. The number of rotatable bonds is 4. The number of nitrogens with one attached hydrogen (secondary N) is 1. The average molecular weight is 275 g/mol. The highest BCUT2D eigenvalue weighted by molar-refractivity contribution is 7.11. The Hall–Kier alpha value is -0.0900. The predicted octanol–water partition coefficient (Wildman–Crippen LogP) is 2.91. The van der Waals surface area contributed by atoms with Crippen LogP contribution in [0.1, 0.15) is 22.6 Å². The Labute approximate surface area is 115 Å². The highest BCUT2D eigenvalue weighted by atomic mass is 35.5. The first-order chi connectivity index (χ1) is 7.78. The lowest BCUT2D eigenvalue weighted by Gasteiger charge is -2.32. The largest absolute Gasteiger partial charge is 0.319 e. The minimum absolute atomic E-state index is 0. The molecule has 1 N–H and O–H groups in total. The third kappa shape index (κ3) is 4.59. The molecule has 1 unspecified atom stereocenters. The molecule has 0 aromatic carbocycles. The fourth-order valence-corrected chi connectivity index (χ4v) is 3.47. The van der Waals surface area contributed by atoms with Crippen LogP contribution in [0.15, 0.2) is 12.1 Å². The molecule has 0 bridgehead atoms. The first-order valence-corrected chi connectivity index (χ1v) is 7.02. The van der Waals surface area contributed by atoms with E-state index in [1.165, 1.54) is 42.2 Å². The highest BCUT2D eigenvalue weighted by Crippen LogP contribution is 2.21. The van der Waals surface area contributed by atoms with Crippen LogP contribution in [0.2, 0.25) is 0 Å². The molecule has 0 amide bonds. The van der Waals surface area contributed by atoms with Gasteiger partial charge in [0, 0.05) is 22.8 Å². The van der Waals surface area contributed by atoms with E-state index in [4.69, 9.17) is 0 Å². The smallest absolute Gasteiger partial charge is 0.0328 e. The van der Waals surface area contributed by atoms with E-state index in [9.17, 15) is 0 Å². The molecule has 2 nitrogen and oxygen atoms in total. The number of likely N-dealkylation sites (tertiary alicyclic amines) is 1. The van der Waals surface area contributed by atoms with E-state index >= 15 is 0 Å². The molecule has 1 aromatic rings. The SMILES string of the molecule is CNCC1CCCN(Cc2ccc(C)s2)C1.Cl. The molecule has 2 rings (SSSR count). The van der Waals surface area contributed by atoms with Crippen molar-refractivity contribution < 1.29 is 0 Å². The maximum Gasteiger partial charge on any atom is 0.0328 e. The molecule has 98 valence electrons. The fraction of sp³-hybridized carbons (Fsp3) is 0.692. The van der Waals surface area contributed by atoms with Gasteiger partial charge in [-0.25, -0.2) is 0 Å².